The summed E-state index contributed by atoms with van der Waals surface area (Å²) in [5, 5.41) is 0.0992. The Balaban J connectivity index is 4.23. The van der Waals surface area contributed by atoms with E-state index in [1.165, 1.54) is 0 Å². The van der Waals surface area contributed by atoms with Crippen LogP contribution in [-0.2, 0) is 18.8 Å². The predicted molar refractivity (Wildman–Crippen MR) is 78.6 cm³/mol. The molecule has 0 unspecified atom stereocenters. The molecule has 0 aliphatic heterocycles. The molecule has 0 spiro atoms. The highest BCUT2D eigenvalue weighted by Gasteiger charge is 2.37. The Morgan fingerprint density at radius 3 is 1.84 bits per heavy atom. The number of ketones is 1. The zero-order valence-corrected chi connectivity index (χ0v) is 14.5. The molecular formula is C14H28O4Si. The van der Waals surface area contributed by atoms with E-state index in [0.29, 0.717) is 0 Å². The molecule has 0 atom stereocenters. The lowest BCUT2D eigenvalue weighted by Crippen LogP contribution is -2.41. The average molecular weight is 288 g/mol. The summed E-state index contributed by atoms with van der Waals surface area (Å²) in [5.41, 5.74) is -0.632. The first-order valence-corrected chi connectivity index (χ1v) is 9.57. The third-order valence-corrected chi connectivity index (χ3v) is 7.76. The third-order valence-electron chi connectivity index (χ3n) is 3.22. The summed E-state index contributed by atoms with van der Waals surface area (Å²) in [6.07, 6.45) is 0.0847. The van der Waals surface area contributed by atoms with Crippen molar-refractivity contribution < 1.29 is 18.8 Å². The van der Waals surface area contributed by atoms with Crippen LogP contribution in [0.3, 0.4) is 0 Å². The maximum Gasteiger partial charge on any atom is 0.375 e. The molecule has 0 N–H and O–H groups in total. The van der Waals surface area contributed by atoms with Crippen LogP contribution in [0.1, 0.15) is 48.0 Å². The van der Waals surface area contributed by atoms with Gasteiger partial charge in [0.25, 0.3) is 0 Å². The van der Waals surface area contributed by atoms with Gasteiger partial charge in [-0.1, -0.05) is 20.8 Å². The van der Waals surface area contributed by atoms with Gasteiger partial charge in [0.2, 0.25) is 5.78 Å². The minimum Gasteiger partial charge on any atom is -0.454 e. The second-order valence-electron chi connectivity index (χ2n) is 7.28. The average Bonchev–Trinajstić information content (AvgIpc) is 2.12. The lowest BCUT2D eigenvalue weighted by Gasteiger charge is -2.36. The smallest absolute Gasteiger partial charge is 0.375 e. The normalized spacial score (nSPS) is 13.3. The van der Waals surface area contributed by atoms with E-state index >= 15 is 0 Å². The van der Waals surface area contributed by atoms with Crippen LogP contribution in [0, 0.1) is 0 Å². The monoisotopic (exact) mass is 288 g/mol. The quantitative estimate of drug-likeness (QED) is 0.442. The Labute approximate surface area is 118 Å². The number of Topliss-reactive ketones (excluding diaryl/α,β-unsaturated/α-hetero) is 1. The minimum absolute atomic E-state index is 0.0847. The van der Waals surface area contributed by atoms with Crippen molar-refractivity contribution in [3.8, 4) is 0 Å². The van der Waals surface area contributed by atoms with E-state index in [2.05, 4.69) is 33.9 Å². The fourth-order valence-electron chi connectivity index (χ4n) is 1.05. The zero-order chi connectivity index (χ0) is 15.5. The van der Waals surface area contributed by atoms with E-state index in [4.69, 9.17) is 9.16 Å². The molecule has 0 amide bonds. The maximum absolute atomic E-state index is 11.6. The van der Waals surface area contributed by atoms with E-state index in [1.807, 2.05) is 0 Å². The van der Waals surface area contributed by atoms with Crippen molar-refractivity contribution in [2.45, 2.75) is 71.7 Å². The molecule has 0 radical (unpaired) electrons. The summed E-state index contributed by atoms with van der Waals surface area (Å²) in [6.45, 7) is 16.1. The fourth-order valence-corrected chi connectivity index (χ4v) is 2.10. The first-order chi connectivity index (χ1) is 8.26. The Kier molecular flexibility index (Phi) is 5.96. The molecule has 112 valence electrons. The lowest BCUT2D eigenvalue weighted by atomic mass is 10.2. The standard InChI is InChI=1S/C14H28O4Si/c1-13(2,3)18-12(16)11(15)9-10-17-19(7,8)14(4,5)6/h9-10H2,1-8H3. The first kappa shape index (κ1) is 18.3. The highest BCUT2D eigenvalue weighted by Crippen LogP contribution is 2.36. The predicted octanol–water partition coefficient (Wildman–Crippen LogP) is 3.31. The van der Waals surface area contributed by atoms with Gasteiger partial charge in [0.15, 0.2) is 8.32 Å². The topological polar surface area (TPSA) is 52.6 Å². The van der Waals surface area contributed by atoms with E-state index in [0.717, 1.165) is 0 Å². The molecule has 0 rings (SSSR count). The Bertz CT molecular complexity index is 334. The van der Waals surface area contributed by atoms with Crippen LogP contribution in [-0.4, -0.2) is 32.3 Å². The van der Waals surface area contributed by atoms with E-state index in [-0.39, 0.29) is 18.1 Å². The summed E-state index contributed by atoms with van der Waals surface area (Å²) in [4.78, 5) is 23.1. The molecule has 0 aliphatic rings. The van der Waals surface area contributed by atoms with Gasteiger partial charge in [0.05, 0.1) is 0 Å². The molecule has 0 aromatic rings. The van der Waals surface area contributed by atoms with Crippen LogP contribution in [0.2, 0.25) is 18.1 Å². The van der Waals surface area contributed by atoms with Crippen LogP contribution in [0.4, 0.5) is 0 Å². The molecule has 0 aromatic heterocycles. The largest absolute Gasteiger partial charge is 0.454 e. The summed E-state index contributed by atoms with van der Waals surface area (Å²) in [5.74, 6) is -1.29. The SMILES string of the molecule is CC(C)(C)OC(=O)C(=O)CCO[Si](C)(C)C(C)(C)C. The van der Waals surface area contributed by atoms with Crippen molar-refractivity contribution in [2.75, 3.05) is 6.61 Å². The van der Waals surface area contributed by atoms with Crippen LogP contribution in [0.15, 0.2) is 0 Å². The molecule has 0 fully saturated rings. The number of rotatable bonds is 5. The molecule has 0 aliphatic carbocycles. The zero-order valence-electron chi connectivity index (χ0n) is 13.5. The van der Waals surface area contributed by atoms with Gasteiger partial charge >= 0.3 is 5.97 Å². The number of esters is 1. The number of carbonyl (C=O) groups excluding carboxylic acids is 2. The van der Waals surface area contributed by atoms with E-state index < -0.39 is 25.7 Å². The van der Waals surface area contributed by atoms with Crippen LogP contribution in [0.25, 0.3) is 0 Å². The number of carbonyl (C=O) groups is 2. The Morgan fingerprint density at radius 1 is 1.00 bits per heavy atom. The maximum atomic E-state index is 11.6. The van der Waals surface area contributed by atoms with Gasteiger partial charge in [-0.2, -0.15) is 0 Å². The van der Waals surface area contributed by atoms with Crippen molar-refractivity contribution in [2.24, 2.45) is 0 Å². The van der Waals surface area contributed by atoms with Crippen LogP contribution in [0.5, 0.6) is 0 Å². The van der Waals surface area contributed by atoms with Crippen molar-refractivity contribution in [3.63, 3.8) is 0 Å². The molecule has 0 heterocycles. The van der Waals surface area contributed by atoms with Crippen molar-refractivity contribution in [1.29, 1.82) is 0 Å². The van der Waals surface area contributed by atoms with E-state index in [9.17, 15) is 9.59 Å². The first-order valence-electron chi connectivity index (χ1n) is 6.66. The van der Waals surface area contributed by atoms with Gasteiger partial charge < -0.3 is 9.16 Å². The molecule has 0 bridgehead atoms. The summed E-state index contributed by atoms with van der Waals surface area (Å²) in [7, 11) is -1.86. The molecule has 4 nitrogen and oxygen atoms in total. The second kappa shape index (κ2) is 6.18. The molecule has 0 aromatic carbocycles. The molecule has 5 heteroatoms. The molecule has 0 saturated heterocycles. The van der Waals surface area contributed by atoms with Crippen LogP contribution < -0.4 is 0 Å². The molecule has 0 saturated carbocycles. The van der Waals surface area contributed by atoms with Gasteiger partial charge in [0, 0.05) is 13.0 Å². The summed E-state index contributed by atoms with van der Waals surface area (Å²) < 4.78 is 10.9. The Hall–Kier alpha value is -0.683. The van der Waals surface area contributed by atoms with Gasteiger partial charge in [-0.15, -0.1) is 0 Å². The minimum atomic E-state index is -1.86. The highest BCUT2D eigenvalue weighted by atomic mass is 28.4. The van der Waals surface area contributed by atoms with Gasteiger partial charge in [0.1, 0.15) is 5.60 Å². The fraction of sp³-hybridized carbons (Fsp3) is 0.857. The van der Waals surface area contributed by atoms with Crippen molar-refractivity contribution >= 4 is 20.1 Å². The third kappa shape index (κ3) is 6.87. The van der Waals surface area contributed by atoms with Crippen LogP contribution >= 0.6 is 0 Å². The summed E-state index contributed by atoms with van der Waals surface area (Å²) in [6, 6.07) is 0. The van der Waals surface area contributed by atoms with Gasteiger partial charge in [-0.3, -0.25) is 4.79 Å². The van der Waals surface area contributed by atoms with Gasteiger partial charge in [-0.05, 0) is 38.9 Å². The molecular weight excluding hydrogens is 260 g/mol. The number of hydrogen-bond acceptors (Lipinski definition) is 4. The molecule has 19 heavy (non-hydrogen) atoms. The van der Waals surface area contributed by atoms with Crippen molar-refractivity contribution in [1.82, 2.24) is 0 Å². The van der Waals surface area contributed by atoms with Gasteiger partial charge in [-0.25, -0.2) is 4.79 Å². The summed E-state index contributed by atoms with van der Waals surface area (Å²) >= 11 is 0. The second-order valence-corrected chi connectivity index (χ2v) is 12.1. The lowest BCUT2D eigenvalue weighted by molar-refractivity contribution is -0.162. The van der Waals surface area contributed by atoms with Crippen molar-refractivity contribution in [3.05, 3.63) is 0 Å². The number of ether oxygens (including phenoxy) is 1. The Morgan fingerprint density at radius 2 is 1.47 bits per heavy atom. The number of hydrogen-bond donors (Lipinski definition) is 0. The highest BCUT2D eigenvalue weighted by molar-refractivity contribution is 6.74. The van der Waals surface area contributed by atoms with E-state index in [1.54, 1.807) is 20.8 Å².